The molecular weight excluding hydrogens is 240 g/mol. The van der Waals surface area contributed by atoms with E-state index >= 15 is 0 Å². The maximum Gasteiger partial charge on any atom is 0.429 e. The lowest BCUT2D eigenvalue weighted by atomic mass is 10.1. The largest absolute Gasteiger partial charge is 0.442 e. The van der Waals surface area contributed by atoms with E-state index in [0.29, 0.717) is 0 Å². The zero-order valence-electron chi connectivity index (χ0n) is 8.50. The maximum atomic E-state index is 12.6. The Morgan fingerprint density at radius 2 is 1.76 bits per heavy atom. The molecular formula is C11H8F4O2. The minimum absolute atomic E-state index is 0.283. The molecule has 0 fully saturated rings. The summed E-state index contributed by atoms with van der Waals surface area (Å²) in [6.45, 7) is 2.58. The highest BCUT2D eigenvalue weighted by atomic mass is 19.4. The van der Waals surface area contributed by atoms with Crippen molar-refractivity contribution in [3.63, 3.8) is 0 Å². The Morgan fingerprint density at radius 3 is 2.18 bits per heavy atom. The van der Waals surface area contributed by atoms with E-state index in [-0.39, 0.29) is 5.56 Å². The van der Waals surface area contributed by atoms with Gasteiger partial charge < -0.3 is 4.74 Å². The molecule has 0 aromatic heterocycles. The van der Waals surface area contributed by atoms with Crippen LogP contribution in [0.3, 0.4) is 0 Å². The van der Waals surface area contributed by atoms with Crippen LogP contribution in [0.5, 0.6) is 0 Å². The van der Waals surface area contributed by atoms with Crippen molar-refractivity contribution in [2.24, 2.45) is 0 Å². The van der Waals surface area contributed by atoms with Gasteiger partial charge in [0.1, 0.15) is 0 Å². The van der Waals surface area contributed by atoms with Gasteiger partial charge in [0.15, 0.2) is 0 Å². The third-order valence-electron chi connectivity index (χ3n) is 1.85. The average Bonchev–Trinajstić information content (AvgIpc) is 2.25. The number of ether oxygens (including phenoxy) is 1. The SMILES string of the molecule is C=C(F)C(=O)OC(c1ccccc1)C(F)(F)F. The van der Waals surface area contributed by atoms with Gasteiger partial charge in [-0.2, -0.15) is 17.6 Å². The second kappa shape index (κ2) is 4.99. The molecule has 1 atom stereocenters. The van der Waals surface area contributed by atoms with E-state index in [0.717, 1.165) is 12.1 Å². The van der Waals surface area contributed by atoms with E-state index < -0.39 is 24.1 Å². The number of halogens is 4. The smallest absolute Gasteiger partial charge is 0.429 e. The number of hydrogen-bond acceptors (Lipinski definition) is 2. The molecule has 2 nitrogen and oxygen atoms in total. The lowest BCUT2D eigenvalue weighted by Gasteiger charge is -2.20. The number of carbonyl (C=O) groups excluding carboxylic acids is 1. The summed E-state index contributed by atoms with van der Waals surface area (Å²) in [6.07, 6.45) is -7.31. The van der Waals surface area contributed by atoms with E-state index in [4.69, 9.17) is 0 Å². The predicted molar refractivity (Wildman–Crippen MR) is 51.6 cm³/mol. The van der Waals surface area contributed by atoms with E-state index in [1.165, 1.54) is 18.2 Å². The number of benzene rings is 1. The van der Waals surface area contributed by atoms with Crippen molar-refractivity contribution in [1.82, 2.24) is 0 Å². The van der Waals surface area contributed by atoms with Crippen molar-refractivity contribution in [3.8, 4) is 0 Å². The molecule has 0 saturated heterocycles. The van der Waals surface area contributed by atoms with E-state index in [2.05, 4.69) is 11.3 Å². The molecule has 17 heavy (non-hydrogen) atoms. The first-order valence-electron chi connectivity index (χ1n) is 4.49. The number of carbonyl (C=O) groups is 1. The van der Waals surface area contributed by atoms with Gasteiger partial charge in [0.05, 0.1) is 0 Å². The highest BCUT2D eigenvalue weighted by Gasteiger charge is 2.44. The molecule has 0 N–H and O–H groups in total. The van der Waals surface area contributed by atoms with Crippen molar-refractivity contribution in [1.29, 1.82) is 0 Å². The van der Waals surface area contributed by atoms with Crippen LogP contribution in [-0.4, -0.2) is 12.1 Å². The summed E-state index contributed by atoms with van der Waals surface area (Å²) in [5.74, 6) is -3.30. The molecule has 6 heteroatoms. The molecule has 0 aliphatic heterocycles. The molecule has 0 spiro atoms. The van der Waals surface area contributed by atoms with Crippen LogP contribution in [-0.2, 0) is 9.53 Å². The fraction of sp³-hybridized carbons (Fsp3) is 0.182. The van der Waals surface area contributed by atoms with Crippen molar-refractivity contribution >= 4 is 5.97 Å². The van der Waals surface area contributed by atoms with Gasteiger partial charge in [-0.05, 0) is 0 Å². The van der Waals surface area contributed by atoms with Crippen LogP contribution >= 0.6 is 0 Å². The van der Waals surface area contributed by atoms with Crippen LogP contribution in [0.15, 0.2) is 42.7 Å². The summed E-state index contributed by atoms with van der Waals surface area (Å²) in [6, 6.07) is 6.48. The Morgan fingerprint density at radius 1 is 1.24 bits per heavy atom. The van der Waals surface area contributed by atoms with Crippen molar-refractivity contribution in [2.45, 2.75) is 12.3 Å². The highest BCUT2D eigenvalue weighted by molar-refractivity contribution is 5.85. The number of rotatable bonds is 3. The first-order valence-corrected chi connectivity index (χ1v) is 4.49. The first-order chi connectivity index (χ1) is 7.82. The molecule has 0 bridgehead atoms. The van der Waals surface area contributed by atoms with Crippen LogP contribution in [0, 0.1) is 0 Å². The molecule has 1 aromatic carbocycles. The minimum Gasteiger partial charge on any atom is -0.442 e. The molecule has 0 radical (unpaired) electrons. The Balaban J connectivity index is 2.98. The third-order valence-corrected chi connectivity index (χ3v) is 1.85. The molecule has 0 heterocycles. The molecule has 0 amide bonds. The lowest BCUT2D eigenvalue weighted by molar-refractivity contribution is -0.222. The zero-order chi connectivity index (χ0) is 13.1. The van der Waals surface area contributed by atoms with Crippen molar-refractivity contribution in [3.05, 3.63) is 48.3 Å². The summed E-state index contributed by atoms with van der Waals surface area (Å²) in [7, 11) is 0. The monoisotopic (exact) mass is 248 g/mol. The Hall–Kier alpha value is -1.85. The molecule has 0 aliphatic rings. The number of esters is 1. The second-order valence-electron chi connectivity index (χ2n) is 3.14. The molecule has 1 aromatic rings. The number of alkyl halides is 3. The van der Waals surface area contributed by atoms with Gasteiger partial charge in [-0.3, -0.25) is 0 Å². The molecule has 0 saturated carbocycles. The van der Waals surface area contributed by atoms with E-state index in [1.807, 2.05) is 0 Å². The summed E-state index contributed by atoms with van der Waals surface area (Å²) in [5.41, 5.74) is -0.283. The Bertz CT molecular complexity index is 411. The average molecular weight is 248 g/mol. The summed E-state index contributed by atoms with van der Waals surface area (Å²) < 4.78 is 54.1. The van der Waals surface area contributed by atoms with Gasteiger partial charge in [-0.1, -0.05) is 36.9 Å². The van der Waals surface area contributed by atoms with Gasteiger partial charge in [0.25, 0.3) is 0 Å². The quantitative estimate of drug-likeness (QED) is 0.466. The molecule has 1 unspecified atom stereocenters. The second-order valence-corrected chi connectivity index (χ2v) is 3.14. The van der Waals surface area contributed by atoms with Crippen LogP contribution in [0.2, 0.25) is 0 Å². The van der Waals surface area contributed by atoms with Crippen LogP contribution in [0.25, 0.3) is 0 Å². The molecule has 1 rings (SSSR count). The number of hydrogen-bond donors (Lipinski definition) is 0. The summed E-state index contributed by atoms with van der Waals surface area (Å²) in [5, 5.41) is 0. The van der Waals surface area contributed by atoms with Gasteiger partial charge in [0, 0.05) is 5.56 Å². The highest BCUT2D eigenvalue weighted by Crippen LogP contribution is 2.36. The Labute approximate surface area is 94.5 Å². The summed E-state index contributed by atoms with van der Waals surface area (Å²) >= 11 is 0. The normalized spacial score (nSPS) is 12.9. The van der Waals surface area contributed by atoms with E-state index in [9.17, 15) is 22.4 Å². The Kier molecular flexibility index (Phi) is 3.88. The van der Waals surface area contributed by atoms with Gasteiger partial charge in [-0.25, -0.2) is 4.79 Å². The van der Waals surface area contributed by atoms with Crippen LogP contribution in [0.4, 0.5) is 17.6 Å². The minimum atomic E-state index is -4.81. The van der Waals surface area contributed by atoms with Crippen LogP contribution in [0.1, 0.15) is 11.7 Å². The fourth-order valence-corrected chi connectivity index (χ4v) is 1.12. The standard InChI is InChI=1S/C11H8F4O2/c1-7(12)10(16)17-9(11(13,14)15)8-5-3-2-4-6-8/h2-6,9H,1H2. The van der Waals surface area contributed by atoms with Crippen molar-refractivity contribution in [2.75, 3.05) is 0 Å². The zero-order valence-corrected chi connectivity index (χ0v) is 8.50. The topological polar surface area (TPSA) is 26.3 Å². The lowest BCUT2D eigenvalue weighted by Crippen LogP contribution is -2.26. The predicted octanol–water partition coefficient (Wildman–Crippen LogP) is 3.32. The van der Waals surface area contributed by atoms with Crippen LogP contribution < -0.4 is 0 Å². The van der Waals surface area contributed by atoms with E-state index in [1.54, 1.807) is 0 Å². The van der Waals surface area contributed by atoms with Gasteiger partial charge in [-0.15, -0.1) is 0 Å². The first kappa shape index (κ1) is 13.2. The molecule has 92 valence electrons. The maximum absolute atomic E-state index is 12.6. The summed E-state index contributed by atoms with van der Waals surface area (Å²) in [4.78, 5) is 10.8. The molecule has 0 aliphatic carbocycles. The third kappa shape index (κ3) is 3.58. The van der Waals surface area contributed by atoms with Gasteiger partial charge in [0.2, 0.25) is 11.9 Å². The fourth-order valence-electron chi connectivity index (χ4n) is 1.12. The van der Waals surface area contributed by atoms with Crippen molar-refractivity contribution < 1.29 is 27.1 Å². The van der Waals surface area contributed by atoms with Gasteiger partial charge >= 0.3 is 12.1 Å².